The average molecular weight is 263 g/mol. The zero-order valence-corrected chi connectivity index (χ0v) is 10.8. The van der Waals surface area contributed by atoms with Crippen LogP contribution >= 0.6 is 11.5 Å². The Hall–Kier alpha value is -1.76. The van der Waals surface area contributed by atoms with Crippen molar-refractivity contribution in [3.05, 3.63) is 28.8 Å². The monoisotopic (exact) mass is 263 g/mol. The van der Waals surface area contributed by atoms with E-state index in [0.29, 0.717) is 4.88 Å². The summed E-state index contributed by atoms with van der Waals surface area (Å²) in [5.74, 6) is 1.02. The number of nitrogens with one attached hydrogen (secondary N) is 1. The number of imidazole rings is 1. The van der Waals surface area contributed by atoms with E-state index < -0.39 is 0 Å². The Morgan fingerprint density at radius 3 is 3.28 bits per heavy atom. The summed E-state index contributed by atoms with van der Waals surface area (Å²) in [5, 5.41) is 6.68. The van der Waals surface area contributed by atoms with E-state index in [1.165, 1.54) is 6.20 Å². The van der Waals surface area contributed by atoms with Crippen LogP contribution in [0, 0.1) is 6.92 Å². The average Bonchev–Trinajstić information content (AvgIpc) is 2.95. The number of fused-ring (bicyclic) bond motifs is 1. The highest BCUT2D eigenvalue weighted by atomic mass is 32.1. The molecule has 0 bridgehead atoms. The smallest absolute Gasteiger partial charge is 0.264 e. The van der Waals surface area contributed by atoms with Gasteiger partial charge in [-0.2, -0.15) is 0 Å². The number of aryl methyl sites for hydroxylation is 2. The first-order valence-corrected chi connectivity index (χ1v) is 6.60. The molecule has 0 saturated carbocycles. The van der Waals surface area contributed by atoms with Crippen LogP contribution < -0.4 is 5.32 Å². The summed E-state index contributed by atoms with van der Waals surface area (Å²) in [6.45, 7) is 2.77. The van der Waals surface area contributed by atoms with Crippen LogP contribution in [-0.2, 0) is 13.0 Å². The van der Waals surface area contributed by atoms with Crippen molar-refractivity contribution in [2.24, 2.45) is 0 Å². The fourth-order valence-corrected chi connectivity index (χ4v) is 2.65. The van der Waals surface area contributed by atoms with Crippen molar-refractivity contribution in [3.8, 4) is 0 Å². The maximum absolute atomic E-state index is 11.9. The van der Waals surface area contributed by atoms with Crippen LogP contribution in [0.1, 0.15) is 27.6 Å². The zero-order valence-electron chi connectivity index (χ0n) is 9.96. The van der Waals surface area contributed by atoms with Gasteiger partial charge in [0.2, 0.25) is 0 Å². The normalized spacial score (nSPS) is 18.4. The van der Waals surface area contributed by atoms with E-state index in [0.717, 1.165) is 42.4 Å². The van der Waals surface area contributed by atoms with Gasteiger partial charge in [0.05, 0.1) is 11.9 Å². The van der Waals surface area contributed by atoms with Crippen molar-refractivity contribution in [1.82, 2.24) is 24.5 Å². The van der Waals surface area contributed by atoms with Gasteiger partial charge in [0.1, 0.15) is 10.7 Å². The van der Waals surface area contributed by atoms with Crippen LogP contribution in [0.15, 0.2) is 12.4 Å². The molecule has 2 aromatic heterocycles. The van der Waals surface area contributed by atoms with Crippen LogP contribution in [0.5, 0.6) is 0 Å². The van der Waals surface area contributed by atoms with Crippen LogP contribution in [0.4, 0.5) is 0 Å². The van der Waals surface area contributed by atoms with Gasteiger partial charge >= 0.3 is 0 Å². The highest BCUT2D eigenvalue weighted by Crippen LogP contribution is 2.15. The topological polar surface area (TPSA) is 72.7 Å². The summed E-state index contributed by atoms with van der Waals surface area (Å²) in [6.07, 6.45) is 5.35. The number of nitrogens with zero attached hydrogens (tertiary/aromatic N) is 4. The van der Waals surface area contributed by atoms with E-state index >= 15 is 0 Å². The molecule has 1 N–H and O–H groups in total. The Kier molecular flexibility index (Phi) is 2.83. The van der Waals surface area contributed by atoms with E-state index in [-0.39, 0.29) is 11.9 Å². The molecule has 18 heavy (non-hydrogen) atoms. The lowest BCUT2D eigenvalue weighted by Crippen LogP contribution is -2.40. The van der Waals surface area contributed by atoms with Gasteiger partial charge in [-0.25, -0.2) is 4.98 Å². The van der Waals surface area contributed by atoms with Gasteiger partial charge in [-0.1, -0.05) is 4.49 Å². The summed E-state index contributed by atoms with van der Waals surface area (Å²) in [6, 6.07) is 0.153. The van der Waals surface area contributed by atoms with Gasteiger partial charge in [0.25, 0.3) is 5.91 Å². The predicted molar refractivity (Wildman–Crippen MR) is 66.4 cm³/mol. The highest BCUT2D eigenvalue weighted by molar-refractivity contribution is 7.07. The molecule has 94 valence electrons. The molecule has 1 aliphatic rings. The van der Waals surface area contributed by atoms with Gasteiger partial charge in [-0.3, -0.25) is 4.79 Å². The number of rotatable bonds is 2. The van der Waals surface area contributed by atoms with Crippen molar-refractivity contribution >= 4 is 17.4 Å². The molecular weight excluding hydrogens is 250 g/mol. The molecule has 0 unspecified atom stereocenters. The second kappa shape index (κ2) is 4.49. The van der Waals surface area contributed by atoms with Gasteiger partial charge in [0.15, 0.2) is 0 Å². The first kappa shape index (κ1) is 11.3. The second-order valence-corrected chi connectivity index (χ2v) is 5.23. The summed E-state index contributed by atoms with van der Waals surface area (Å²) >= 11 is 1.12. The predicted octanol–water partition coefficient (Wildman–Crippen LogP) is 0.788. The van der Waals surface area contributed by atoms with Crippen LogP contribution in [0.3, 0.4) is 0 Å². The molecule has 2 aromatic rings. The quantitative estimate of drug-likeness (QED) is 0.869. The first-order valence-electron chi connectivity index (χ1n) is 5.83. The van der Waals surface area contributed by atoms with Gasteiger partial charge in [-0.05, 0) is 24.9 Å². The molecule has 1 atom stereocenters. The zero-order chi connectivity index (χ0) is 12.5. The van der Waals surface area contributed by atoms with E-state index in [9.17, 15) is 4.79 Å². The molecular formula is C11H13N5OS. The molecule has 6 nitrogen and oxygen atoms in total. The number of amides is 1. The van der Waals surface area contributed by atoms with Crippen LogP contribution in [0.25, 0.3) is 0 Å². The van der Waals surface area contributed by atoms with Crippen LogP contribution in [-0.4, -0.2) is 31.1 Å². The Morgan fingerprint density at radius 2 is 2.50 bits per heavy atom. The molecule has 7 heteroatoms. The second-order valence-electron chi connectivity index (χ2n) is 4.44. The molecule has 1 aliphatic heterocycles. The number of aromatic nitrogens is 4. The van der Waals surface area contributed by atoms with Crippen LogP contribution in [0.2, 0.25) is 0 Å². The van der Waals surface area contributed by atoms with E-state index in [2.05, 4.69) is 24.5 Å². The fourth-order valence-electron chi connectivity index (χ4n) is 2.23. The van der Waals surface area contributed by atoms with Gasteiger partial charge in [-0.15, -0.1) is 5.10 Å². The van der Waals surface area contributed by atoms with Crippen molar-refractivity contribution < 1.29 is 4.79 Å². The molecule has 0 saturated heterocycles. The molecule has 0 spiro atoms. The van der Waals surface area contributed by atoms with E-state index in [1.807, 2.05) is 13.1 Å². The largest absolute Gasteiger partial charge is 0.347 e. The van der Waals surface area contributed by atoms with Crippen molar-refractivity contribution in [2.75, 3.05) is 0 Å². The molecule has 0 aromatic carbocycles. The number of hydrogen-bond donors (Lipinski definition) is 1. The third kappa shape index (κ3) is 2.13. The summed E-state index contributed by atoms with van der Waals surface area (Å²) in [7, 11) is 0. The Balaban J connectivity index is 1.68. The third-order valence-corrected chi connectivity index (χ3v) is 3.70. The molecule has 3 heterocycles. The van der Waals surface area contributed by atoms with Crippen molar-refractivity contribution in [3.63, 3.8) is 0 Å². The minimum atomic E-state index is -0.0877. The Bertz CT molecular complexity index is 562. The van der Waals surface area contributed by atoms with Crippen molar-refractivity contribution in [2.45, 2.75) is 32.4 Å². The first-order chi connectivity index (χ1) is 8.72. The summed E-state index contributed by atoms with van der Waals surface area (Å²) in [4.78, 5) is 16.9. The SMILES string of the molecule is Cc1cn2c(n1)CC[C@H](NC(=O)c1cnns1)C2. The lowest BCUT2D eigenvalue weighted by molar-refractivity contribution is 0.0931. The Labute approximate surface area is 108 Å². The molecule has 0 radical (unpaired) electrons. The standard InChI is InChI=1S/C11H13N5OS/c1-7-5-16-6-8(2-3-10(16)13-7)14-11(17)9-4-12-15-18-9/h4-5,8H,2-3,6H2,1H3,(H,14,17)/t8-/m0/s1. The number of hydrogen-bond acceptors (Lipinski definition) is 5. The molecule has 0 aliphatic carbocycles. The Morgan fingerprint density at radius 1 is 1.61 bits per heavy atom. The van der Waals surface area contributed by atoms with Gasteiger partial charge in [0, 0.05) is 25.2 Å². The molecule has 3 rings (SSSR count). The molecule has 1 amide bonds. The fraction of sp³-hybridized carbons (Fsp3) is 0.455. The minimum absolute atomic E-state index is 0.0877. The summed E-state index contributed by atoms with van der Waals surface area (Å²) in [5.41, 5.74) is 1.03. The number of carbonyl (C=O) groups is 1. The van der Waals surface area contributed by atoms with Gasteiger partial charge < -0.3 is 9.88 Å². The molecule has 0 fully saturated rings. The summed E-state index contributed by atoms with van der Waals surface area (Å²) < 4.78 is 5.81. The van der Waals surface area contributed by atoms with Crippen molar-refractivity contribution in [1.29, 1.82) is 0 Å². The van der Waals surface area contributed by atoms with E-state index in [4.69, 9.17) is 0 Å². The maximum atomic E-state index is 11.9. The maximum Gasteiger partial charge on any atom is 0.264 e. The van der Waals surface area contributed by atoms with E-state index in [1.54, 1.807) is 0 Å². The minimum Gasteiger partial charge on any atom is -0.347 e. The third-order valence-electron chi connectivity index (χ3n) is 3.03. The lowest BCUT2D eigenvalue weighted by atomic mass is 10.1. The number of carbonyl (C=O) groups excluding carboxylic acids is 1. The lowest BCUT2D eigenvalue weighted by Gasteiger charge is -2.24. The highest BCUT2D eigenvalue weighted by Gasteiger charge is 2.22.